The molecule has 1 fully saturated rings. The minimum absolute atomic E-state index is 0.0136. The van der Waals surface area contributed by atoms with Gasteiger partial charge in [-0.05, 0) is 33.8 Å². The lowest BCUT2D eigenvalue weighted by atomic mass is 10.1. The summed E-state index contributed by atoms with van der Waals surface area (Å²) in [5.41, 5.74) is -0.696. The minimum Gasteiger partial charge on any atom is -0.350 e. The fraction of sp³-hybridized carbons (Fsp3) is 0.533. The quantitative estimate of drug-likeness (QED) is 0.590. The molecule has 1 unspecified atom stereocenters. The summed E-state index contributed by atoms with van der Waals surface area (Å²) in [6.45, 7) is 6.85. The van der Waals surface area contributed by atoms with Crippen LogP contribution in [-0.2, 0) is 14.8 Å². The van der Waals surface area contributed by atoms with E-state index in [1.165, 1.54) is 24.8 Å². The fourth-order valence-corrected chi connectivity index (χ4v) is 5.91. The Bertz CT molecular complexity index is 852. The van der Waals surface area contributed by atoms with E-state index < -0.39 is 32.4 Å². The summed E-state index contributed by atoms with van der Waals surface area (Å²) in [4.78, 5) is 22.7. The molecular formula is C15H20ClN3O5S2. The predicted octanol–water partition coefficient (Wildman–Crippen LogP) is 2.53. The molecule has 1 aromatic carbocycles. The van der Waals surface area contributed by atoms with Crippen LogP contribution < -0.4 is 5.32 Å². The number of halogens is 1. The van der Waals surface area contributed by atoms with Gasteiger partial charge >= 0.3 is 0 Å². The first-order valence-corrected chi connectivity index (χ1v) is 10.7. The Hall–Kier alpha value is -1.36. The Balaban J connectivity index is 2.43. The monoisotopic (exact) mass is 421 g/mol. The van der Waals surface area contributed by atoms with Gasteiger partial charge in [-0.15, -0.1) is 11.8 Å². The van der Waals surface area contributed by atoms with Gasteiger partial charge in [0.25, 0.3) is 5.69 Å². The van der Waals surface area contributed by atoms with Gasteiger partial charge in [0.15, 0.2) is 0 Å². The van der Waals surface area contributed by atoms with Gasteiger partial charge in [0.05, 0.1) is 20.7 Å². The Morgan fingerprint density at radius 1 is 1.42 bits per heavy atom. The third-order valence-electron chi connectivity index (χ3n) is 3.74. The van der Waals surface area contributed by atoms with Crippen molar-refractivity contribution in [1.29, 1.82) is 0 Å². The maximum Gasteiger partial charge on any atom is 0.275 e. The zero-order valence-electron chi connectivity index (χ0n) is 14.8. The molecule has 0 aromatic heterocycles. The number of nitro benzene ring substituents is 1. The van der Waals surface area contributed by atoms with Crippen molar-refractivity contribution in [3.63, 3.8) is 0 Å². The molecule has 0 bridgehead atoms. The number of thioether (sulfide) groups is 1. The molecule has 1 aromatic rings. The molecule has 1 amide bonds. The number of amides is 1. The molecule has 0 spiro atoms. The van der Waals surface area contributed by atoms with Gasteiger partial charge < -0.3 is 5.32 Å². The van der Waals surface area contributed by atoms with Gasteiger partial charge in [0.1, 0.15) is 6.04 Å². The van der Waals surface area contributed by atoms with Gasteiger partial charge in [0.2, 0.25) is 15.9 Å². The number of hydrogen-bond donors (Lipinski definition) is 1. The van der Waals surface area contributed by atoms with Crippen LogP contribution in [-0.4, -0.2) is 46.8 Å². The van der Waals surface area contributed by atoms with Gasteiger partial charge in [-0.2, -0.15) is 4.31 Å². The molecule has 8 nitrogen and oxygen atoms in total. The SMILES string of the molecule is Cc1c(Cl)cc(S(=O)(=O)N2CSCC2C(=O)NC(C)(C)C)cc1[N+](=O)[O-]. The molecule has 11 heteroatoms. The Labute approximate surface area is 161 Å². The van der Waals surface area contributed by atoms with E-state index in [0.29, 0.717) is 5.75 Å². The van der Waals surface area contributed by atoms with E-state index in [9.17, 15) is 23.3 Å². The van der Waals surface area contributed by atoms with Crippen molar-refractivity contribution in [2.75, 3.05) is 11.6 Å². The molecular weight excluding hydrogens is 402 g/mol. The highest BCUT2D eigenvalue weighted by Gasteiger charge is 2.41. The third kappa shape index (κ3) is 4.30. The lowest BCUT2D eigenvalue weighted by Crippen LogP contribution is -2.52. The van der Waals surface area contributed by atoms with Gasteiger partial charge in [-0.1, -0.05) is 11.6 Å². The molecule has 0 aliphatic carbocycles. The summed E-state index contributed by atoms with van der Waals surface area (Å²) in [6.07, 6.45) is 0. The molecule has 1 N–H and O–H groups in total. The number of benzene rings is 1. The molecule has 0 radical (unpaired) electrons. The van der Waals surface area contributed by atoms with Crippen molar-refractivity contribution in [3.8, 4) is 0 Å². The van der Waals surface area contributed by atoms with E-state index >= 15 is 0 Å². The number of nitrogens with zero attached hydrogens (tertiary/aromatic N) is 2. The standard InChI is InChI=1S/C15H20ClN3O5S2/c1-9-11(16)5-10(6-12(9)19(21)22)26(23,24)18-8-25-7-13(18)14(20)17-15(2,3)4/h5-6,13H,7-8H2,1-4H3,(H,17,20). The highest BCUT2D eigenvalue weighted by Crippen LogP contribution is 2.34. The zero-order valence-corrected chi connectivity index (χ0v) is 17.2. The third-order valence-corrected chi connectivity index (χ3v) is 7.14. The maximum absolute atomic E-state index is 13.0. The van der Waals surface area contributed by atoms with Crippen LogP contribution in [0.4, 0.5) is 5.69 Å². The molecule has 1 atom stereocenters. The number of carbonyl (C=O) groups is 1. The Morgan fingerprint density at radius 2 is 2.04 bits per heavy atom. The number of sulfonamides is 1. The van der Waals surface area contributed by atoms with Crippen LogP contribution in [0.25, 0.3) is 0 Å². The minimum atomic E-state index is -4.12. The number of hydrogen-bond acceptors (Lipinski definition) is 6. The lowest BCUT2D eigenvalue weighted by molar-refractivity contribution is -0.385. The average Bonchev–Trinajstić information content (AvgIpc) is 2.98. The van der Waals surface area contributed by atoms with Gasteiger partial charge in [-0.25, -0.2) is 8.42 Å². The first kappa shape index (κ1) is 20.9. The fourth-order valence-electron chi connectivity index (χ4n) is 2.44. The van der Waals surface area contributed by atoms with E-state index in [2.05, 4.69) is 5.32 Å². The molecule has 144 valence electrons. The summed E-state index contributed by atoms with van der Waals surface area (Å²) >= 11 is 7.29. The van der Waals surface area contributed by atoms with Crippen LogP contribution in [0.1, 0.15) is 26.3 Å². The van der Waals surface area contributed by atoms with Crippen molar-refractivity contribution in [1.82, 2.24) is 9.62 Å². The maximum atomic E-state index is 13.0. The molecule has 1 aliphatic rings. The topological polar surface area (TPSA) is 110 Å². The normalized spacial score (nSPS) is 18.7. The van der Waals surface area contributed by atoms with E-state index in [1.54, 1.807) is 20.8 Å². The van der Waals surface area contributed by atoms with Crippen LogP contribution in [0, 0.1) is 17.0 Å². The van der Waals surface area contributed by atoms with Crippen molar-refractivity contribution in [2.24, 2.45) is 0 Å². The Kier molecular flexibility index (Phi) is 5.91. The highest BCUT2D eigenvalue weighted by atomic mass is 35.5. The number of nitrogens with one attached hydrogen (secondary N) is 1. The van der Waals surface area contributed by atoms with Crippen LogP contribution in [0.2, 0.25) is 5.02 Å². The second kappa shape index (κ2) is 7.34. The molecule has 1 saturated heterocycles. The van der Waals surface area contributed by atoms with E-state index in [-0.39, 0.29) is 27.0 Å². The Morgan fingerprint density at radius 3 is 2.58 bits per heavy atom. The van der Waals surface area contributed by atoms with Crippen molar-refractivity contribution >= 4 is 45.0 Å². The predicted molar refractivity (Wildman–Crippen MR) is 101 cm³/mol. The number of nitro groups is 1. The van der Waals surface area contributed by atoms with Crippen LogP contribution >= 0.6 is 23.4 Å². The summed E-state index contributed by atoms with van der Waals surface area (Å²) in [7, 11) is -4.12. The molecule has 2 rings (SSSR count). The lowest BCUT2D eigenvalue weighted by Gasteiger charge is -2.27. The zero-order chi connectivity index (χ0) is 19.9. The van der Waals surface area contributed by atoms with Gasteiger partial charge in [0, 0.05) is 22.9 Å². The number of carbonyl (C=O) groups excluding carboxylic acids is 1. The summed E-state index contributed by atoms with van der Waals surface area (Å²) in [5.74, 6) is -0.00838. The second-order valence-corrected chi connectivity index (χ2v) is 10.3. The summed E-state index contributed by atoms with van der Waals surface area (Å²) < 4.78 is 27.1. The highest BCUT2D eigenvalue weighted by molar-refractivity contribution is 8.00. The molecule has 1 aliphatic heterocycles. The smallest absolute Gasteiger partial charge is 0.275 e. The first-order valence-electron chi connectivity index (χ1n) is 7.71. The summed E-state index contributed by atoms with van der Waals surface area (Å²) in [6, 6.07) is 1.28. The first-order chi connectivity index (χ1) is 11.8. The van der Waals surface area contributed by atoms with Crippen molar-refractivity contribution < 1.29 is 18.1 Å². The largest absolute Gasteiger partial charge is 0.350 e. The van der Waals surface area contributed by atoms with Crippen molar-refractivity contribution in [3.05, 3.63) is 32.8 Å². The number of rotatable bonds is 4. The molecule has 26 heavy (non-hydrogen) atoms. The van der Waals surface area contributed by atoms with E-state index in [0.717, 1.165) is 10.4 Å². The van der Waals surface area contributed by atoms with E-state index in [4.69, 9.17) is 11.6 Å². The summed E-state index contributed by atoms with van der Waals surface area (Å²) in [5, 5.41) is 13.9. The average molecular weight is 422 g/mol. The van der Waals surface area contributed by atoms with Crippen LogP contribution in [0.5, 0.6) is 0 Å². The molecule has 1 heterocycles. The van der Waals surface area contributed by atoms with E-state index in [1.807, 2.05) is 0 Å². The molecule has 0 saturated carbocycles. The van der Waals surface area contributed by atoms with Gasteiger partial charge in [-0.3, -0.25) is 14.9 Å². The van der Waals surface area contributed by atoms with Crippen LogP contribution in [0.15, 0.2) is 17.0 Å². The van der Waals surface area contributed by atoms with Crippen LogP contribution in [0.3, 0.4) is 0 Å². The van der Waals surface area contributed by atoms with Crippen molar-refractivity contribution in [2.45, 2.75) is 44.2 Å². The second-order valence-electron chi connectivity index (χ2n) is 6.95.